The molecule has 0 radical (unpaired) electrons. The number of anilines is 1. The van der Waals surface area contributed by atoms with Gasteiger partial charge in [-0.1, -0.05) is 6.07 Å². The van der Waals surface area contributed by atoms with Gasteiger partial charge in [0, 0.05) is 12.4 Å². The van der Waals surface area contributed by atoms with E-state index in [0.717, 1.165) is 18.2 Å². The molecule has 5 N–H and O–H groups in total. The minimum absolute atomic E-state index is 0.0464. The van der Waals surface area contributed by atoms with Crippen LogP contribution >= 0.6 is 0 Å². The van der Waals surface area contributed by atoms with Gasteiger partial charge in [0.25, 0.3) is 0 Å². The molecule has 1 saturated heterocycles. The van der Waals surface area contributed by atoms with Crippen LogP contribution in [0.15, 0.2) is 18.2 Å². The van der Waals surface area contributed by atoms with Gasteiger partial charge in [-0.15, -0.1) is 13.2 Å². The fraction of sp³-hybridized carbons (Fsp3) is 0.231. The van der Waals surface area contributed by atoms with Crippen molar-refractivity contribution in [3.8, 4) is 5.75 Å². The number of ketones is 1. The summed E-state index contributed by atoms with van der Waals surface area (Å²) < 4.78 is 40.3. The number of rotatable bonds is 4. The highest BCUT2D eigenvalue weighted by Gasteiger charge is 2.51. The SMILES string of the molecule is N=CC1(C=N)NC(=O)C(c2ccc(OC(F)(F)F)c(N)c2)C1=O. The van der Waals surface area contributed by atoms with Gasteiger partial charge in [0.1, 0.15) is 5.92 Å². The molecule has 0 aliphatic carbocycles. The Hall–Kier alpha value is -2.91. The Balaban J connectivity index is 2.38. The molecule has 7 nitrogen and oxygen atoms in total. The van der Waals surface area contributed by atoms with Crippen LogP contribution in [-0.2, 0) is 9.59 Å². The second-order valence-electron chi connectivity index (χ2n) is 4.79. The maximum absolute atomic E-state index is 12.3. The predicted octanol–water partition coefficient (Wildman–Crippen LogP) is 0.988. The van der Waals surface area contributed by atoms with Crippen molar-refractivity contribution in [2.75, 3.05) is 5.73 Å². The first-order valence-electron chi connectivity index (χ1n) is 6.18. The van der Waals surface area contributed by atoms with Crippen molar-refractivity contribution >= 4 is 29.8 Å². The van der Waals surface area contributed by atoms with E-state index in [-0.39, 0.29) is 5.56 Å². The number of hydrogen-bond acceptors (Lipinski definition) is 6. The molecule has 0 aromatic heterocycles. The number of nitrogens with one attached hydrogen (secondary N) is 3. The van der Waals surface area contributed by atoms with Crippen LogP contribution in [0.5, 0.6) is 5.75 Å². The van der Waals surface area contributed by atoms with Gasteiger partial charge in [0.05, 0.1) is 5.69 Å². The van der Waals surface area contributed by atoms with Crippen LogP contribution < -0.4 is 15.8 Å². The van der Waals surface area contributed by atoms with Crippen LogP contribution in [-0.4, -0.2) is 36.0 Å². The summed E-state index contributed by atoms with van der Waals surface area (Å²) in [5.74, 6) is -3.58. The zero-order chi connectivity index (χ0) is 17.4. The summed E-state index contributed by atoms with van der Waals surface area (Å²) in [6.07, 6.45) is -3.69. The first-order chi connectivity index (χ1) is 10.6. The molecule has 0 saturated carbocycles. The molecule has 1 aromatic carbocycles. The molecule has 10 heteroatoms. The average Bonchev–Trinajstić information content (AvgIpc) is 2.71. The number of ether oxygens (including phenoxy) is 1. The first-order valence-corrected chi connectivity index (χ1v) is 6.18. The average molecular weight is 328 g/mol. The van der Waals surface area contributed by atoms with Crippen LogP contribution in [0.1, 0.15) is 11.5 Å². The van der Waals surface area contributed by atoms with Gasteiger partial charge in [-0.25, -0.2) is 0 Å². The summed E-state index contributed by atoms with van der Waals surface area (Å²) in [7, 11) is 0. The van der Waals surface area contributed by atoms with E-state index in [1.165, 1.54) is 0 Å². The van der Waals surface area contributed by atoms with E-state index in [9.17, 15) is 22.8 Å². The molecular weight excluding hydrogens is 317 g/mol. The van der Waals surface area contributed by atoms with Crippen molar-refractivity contribution in [1.82, 2.24) is 5.32 Å². The fourth-order valence-corrected chi connectivity index (χ4v) is 2.22. The molecular formula is C13H11F3N4O3. The molecule has 0 spiro atoms. The van der Waals surface area contributed by atoms with E-state index in [4.69, 9.17) is 16.6 Å². The molecule has 1 aliphatic heterocycles. The number of nitrogens with two attached hydrogens (primary N) is 1. The van der Waals surface area contributed by atoms with Gasteiger partial charge in [0.2, 0.25) is 5.91 Å². The van der Waals surface area contributed by atoms with Crippen molar-refractivity contribution < 1.29 is 27.5 Å². The molecule has 1 aromatic rings. The van der Waals surface area contributed by atoms with E-state index < -0.39 is 40.9 Å². The number of carbonyl (C=O) groups excluding carboxylic acids is 2. The topological polar surface area (TPSA) is 129 Å². The van der Waals surface area contributed by atoms with Crippen molar-refractivity contribution in [2.45, 2.75) is 17.8 Å². The maximum atomic E-state index is 12.3. The number of nitrogen functional groups attached to an aromatic ring is 1. The van der Waals surface area contributed by atoms with Crippen LogP contribution in [0.2, 0.25) is 0 Å². The normalized spacial score (nSPS) is 24.2. The van der Waals surface area contributed by atoms with Crippen LogP contribution in [0.25, 0.3) is 0 Å². The molecule has 1 unspecified atom stereocenters. The molecule has 1 fully saturated rings. The Morgan fingerprint density at radius 1 is 1.26 bits per heavy atom. The van der Waals surface area contributed by atoms with Gasteiger partial charge < -0.3 is 26.6 Å². The Bertz CT molecular complexity index is 694. The lowest BCUT2D eigenvalue weighted by atomic mass is 9.88. The zero-order valence-corrected chi connectivity index (χ0v) is 11.4. The van der Waals surface area contributed by atoms with Gasteiger partial charge in [-0.2, -0.15) is 0 Å². The molecule has 1 heterocycles. The number of amides is 1. The number of alkyl halides is 3. The largest absolute Gasteiger partial charge is 0.573 e. The molecule has 122 valence electrons. The number of carbonyl (C=O) groups is 2. The van der Waals surface area contributed by atoms with Gasteiger partial charge >= 0.3 is 6.36 Å². The van der Waals surface area contributed by atoms with Crippen LogP contribution in [0.4, 0.5) is 18.9 Å². The van der Waals surface area contributed by atoms with Gasteiger partial charge in [0.15, 0.2) is 17.1 Å². The summed E-state index contributed by atoms with van der Waals surface area (Å²) >= 11 is 0. The van der Waals surface area contributed by atoms with Crippen molar-refractivity contribution in [2.24, 2.45) is 0 Å². The lowest BCUT2D eigenvalue weighted by molar-refractivity contribution is -0.274. The molecule has 2 rings (SSSR count). The number of hydrogen-bond donors (Lipinski definition) is 4. The third kappa shape index (κ3) is 2.87. The third-order valence-electron chi connectivity index (χ3n) is 3.31. The molecule has 1 aliphatic rings. The molecule has 1 atom stereocenters. The quantitative estimate of drug-likeness (QED) is 0.373. The summed E-state index contributed by atoms with van der Waals surface area (Å²) in [6.45, 7) is 0. The van der Waals surface area contributed by atoms with Gasteiger partial charge in [-0.3, -0.25) is 9.59 Å². The zero-order valence-electron chi connectivity index (χ0n) is 11.4. The summed E-state index contributed by atoms with van der Waals surface area (Å²) in [4.78, 5) is 24.2. The standard InChI is InChI=1S/C13H11F3N4O3/c14-13(15,16)23-8-2-1-6(3-7(8)19)9-10(21)12(4-17,5-18)20-11(9)22/h1-5,9,17-18H,19H2,(H,20,22). The van der Waals surface area contributed by atoms with Crippen LogP contribution in [0.3, 0.4) is 0 Å². The minimum atomic E-state index is -4.92. The third-order valence-corrected chi connectivity index (χ3v) is 3.31. The van der Waals surface area contributed by atoms with Crippen LogP contribution in [0, 0.1) is 10.8 Å². The predicted molar refractivity (Wildman–Crippen MR) is 73.7 cm³/mol. The summed E-state index contributed by atoms with van der Waals surface area (Å²) in [6, 6.07) is 3.02. The highest BCUT2D eigenvalue weighted by Crippen LogP contribution is 2.34. The van der Waals surface area contributed by atoms with Crippen molar-refractivity contribution in [1.29, 1.82) is 10.8 Å². The summed E-state index contributed by atoms with van der Waals surface area (Å²) in [5, 5.41) is 16.6. The van der Waals surface area contributed by atoms with Gasteiger partial charge in [-0.05, 0) is 17.7 Å². The molecule has 23 heavy (non-hydrogen) atoms. The highest BCUT2D eigenvalue weighted by atomic mass is 19.4. The van der Waals surface area contributed by atoms with Crippen molar-refractivity contribution in [3.63, 3.8) is 0 Å². The fourth-order valence-electron chi connectivity index (χ4n) is 2.22. The monoisotopic (exact) mass is 328 g/mol. The Kier molecular flexibility index (Phi) is 3.85. The number of halogens is 3. The maximum Gasteiger partial charge on any atom is 0.573 e. The smallest absolute Gasteiger partial charge is 0.404 e. The van der Waals surface area contributed by atoms with E-state index in [0.29, 0.717) is 12.4 Å². The Labute approximate surface area is 127 Å². The van der Waals surface area contributed by atoms with Crippen molar-refractivity contribution in [3.05, 3.63) is 23.8 Å². The Morgan fingerprint density at radius 2 is 1.87 bits per heavy atom. The Morgan fingerprint density at radius 3 is 2.30 bits per heavy atom. The lowest BCUT2D eigenvalue weighted by Crippen LogP contribution is -2.49. The number of benzene rings is 1. The van der Waals surface area contributed by atoms with E-state index in [1.807, 2.05) is 0 Å². The van der Waals surface area contributed by atoms with E-state index in [1.54, 1.807) is 0 Å². The van der Waals surface area contributed by atoms with E-state index in [2.05, 4.69) is 10.1 Å². The second-order valence-corrected chi connectivity index (χ2v) is 4.79. The molecule has 0 bridgehead atoms. The molecule has 1 amide bonds. The summed E-state index contributed by atoms with van der Waals surface area (Å²) in [5.41, 5.74) is 3.26. The minimum Gasteiger partial charge on any atom is -0.404 e. The number of Topliss-reactive ketones (excluding diaryl/α,β-unsaturated/α-hetero) is 1. The first kappa shape index (κ1) is 16.5. The highest BCUT2D eigenvalue weighted by molar-refractivity contribution is 6.31. The second kappa shape index (κ2) is 5.38. The lowest BCUT2D eigenvalue weighted by Gasteiger charge is -2.16. The van der Waals surface area contributed by atoms with E-state index >= 15 is 0 Å².